The molecule has 4 nitrogen and oxygen atoms in total. The van der Waals surface area contributed by atoms with Gasteiger partial charge in [0.2, 0.25) is 5.91 Å². The van der Waals surface area contributed by atoms with Gasteiger partial charge >= 0.3 is 5.97 Å². The third-order valence-electron chi connectivity index (χ3n) is 3.92. The highest BCUT2D eigenvalue weighted by Crippen LogP contribution is 2.45. The predicted octanol–water partition coefficient (Wildman–Crippen LogP) is 3.33. The van der Waals surface area contributed by atoms with Crippen molar-refractivity contribution in [3.8, 4) is 0 Å². The van der Waals surface area contributed by atoms with Gasteiger partial charge in [0.1, 0.15) is 0 Å². The Morgan fingerprint density at radius 3 is 2.48 bits per heavy atom. The minimum Gasteiger partial charge on any atom is -0.481 e. The molecule has 0 aromatic heterocycles. The number of carboxylic acid groups (broad SMARTS) is 1. The van der Waals surface area contributed by atoms with Gasteiger partial charge in [-0.2, -0.15) is 0 Å². The molecule has 0 aliphatic heterocycles. The highest BCUT2D eigenvalue weighted by Gasteiger charge is 2.41. The maximum Gasteiger partial charge on any atom is 0.313 e. The minimum absolute atomic E-state index is 0.0825. The van der Waals surface area contributed by atoms with Gasteiger partial charge in [0.15, 0.2) is 0 Å². The largest absolute Gasteiger partial charge is 0.481 e. The Kier molecular flexibility index (Phi) is 6.84. The highest BCUT2D eigenvalue weighted by molar-refractivity contribution is 8.01. The first-order valence-corrected chi connectivity index (χ1v) is 9.82. The van der Waals surface area contributed by atoms with Crippen LogP contribution in [0.4, 0.5) is 0 Å². The highest BCUT2D eigenvalue weighted by atomic mass is 32.2. The zero-order valence-electron chi connectivity index (χ0n) is 13.3. The lowest BCUT2D eigenvalue weighted by Crippen LogP contribution is -2.43. The van der Waals surface area contributed by atoms with Crippen LogP contribution in [0.15, 0.2) is 29.2 Å². The Hall–Kier alpha value is -1.14. The average molecular weight is 354 g/mol. The Morgan fingerprint density at radius 1 is 1.22 bits per heavy atom. The molecule has 0 atom stereocenters. The van der Waals surface area contributed by atoms with Crippen LogP contribution in [-0.4, -0.2) is 39.8 Å². The van der Waals surface area contributed by atoms with Gasteiger partial charge in [0.05, 0.1) is 10.5 Å². The van der Waals surface area contributed by atoms with E-state index in [2.05, 4.69) is 36.5 Å². The van der Waals surface area contributed by atoms with Crippen molar-refractivity contribution in [3.05, 3.63) is 29.8 Å². The fraction of sp³-hybridized carbons (Fsp3) is 0.529. The fourth-order valence-corrected chi connectivity index (χ4v) is 4.66. The summed E-state index contributed by atoms with van der Waals surface area (Å²) in [6.07, 6.45) is 3.97. The lowest BCUT2D eigenvalue weighted by atomic mass is 10.1. The van der Waals surface area contributed by atoms with Crippen LogP contribution in [0.2, 0.25) is 0 Å². The van der Waals surface area contributed by atoms with Gasteiger partial charge in [0.25, 0.3) is 0 Å². The number of carbonyl (C=O) groups excluding carboxylic acids is 1. The molecule has 1 aromatic carbocycles. The van der Waals surface area contributed by atoms with Gasteiger partial charge < -0.3 is 10.4 Å². The molecule has 6 heteroatoms. The van der Waals surface area contributed by atoms with E-state index in [1.807, 2.05) is 0 Å². The van der Waals surface area contributed by atoms with Crippen molar-refractivity contribution >= 4 is 35.4 Å². The first kappa shape index (κ1) is 18.2. The van der Waals surface area contributed by atoms with Crippen LogP contribution in [0.5, 0.6) is 0 Å². The van der Waals surface area contributed by atoms with E-state index in [4.69, 9.17) is 5.11 Å². The van der Waals surface area contributed by atoms with Crippen LogP contribution in [0, 0.1) is 6.92 Å². The van der Waals surface area contributed by atoms with E-state index in [9.17, 15) is 9.59 Å². The van der Waals surface area contributed by atoms with E-state index in [0.29, 0.717) is 12.3 Å². The molecule has 0 saturated heterocycles. The summed E-state index contributed by atoms with van der Waals surface area (Å²) >= 11 is 3.00. The lowest BCUT2D eigenvalue weighted by molar-refractivity contribution is -0.133. The van der Waals surface area contributed by atoms with Gasteiger partial charge in [-0.1, -0.05) is 30.5 Å². The Balaban J connectivity index is 1.90. The molecular weight excluding hydrogens is 330 g/mol. The molecule has 1 fully saturated rings. The van der Waals surface area contributed by atoms with Crippen molar-refractivity contribution in [1.29, 1.82) is 0 Å². The molecule has 0 spiro atoms. The van der Waals surface area contributed by atoms with Gasteiger partial charge in [-0.25, -0.2) is 0 Å². The molecule has 1 aliphatic rings. The molecule has 0 radical (unpaired) electrons. The van der Waals surface area contributed by atoms with Crippen LogP contribution in [0.25, 0.3) is 0 Å². The third kappa shape index (κ3) is 5.46. The first-order valence-electron chi connectivity index (χ1n) is 7.85. The zero-order valence-corrected chi connectivity index (χ0v) is 15.0. The summed E-state index contributed by atoms with van der Waals surface area (Å²) in [5, 5.41) is 11.6. The average Bonchev–Trinajstić information content (AvgIpc) is 2.98. The number of hydrogen-bond donors (Lipinski definition) is 2. The van der Waals surface area contributed by atoms with E-state index in [0.717, 1.165) is 30.6 Å². The maximum atomic E-state index is 12.7. The number of hydrogen-bond acceptors (Lipinski definition) is 4. The number of thioether (sulfide) groups is 2. The number of amides is 1. The van der Waals surface area contributed by atoms with Crippen molar-refractivity contribution in [1.82, 2.24) is 5.32 Å². The number of carbonyl (C=O) groups is 2. The van der Waals surface area contributed by atoms with Crippen LogP contribution in [0.1, 0.15) is 31.2 Å². The molecule has 126 valence electrons. The van der Waals surface area contributed by atoms with Crippen molar-refractivity contribution < 1.29 is 14.7 Å². The lowest BCUT2D eigenvalue weighted by Gasteiger charge is -2.27. The second kappa shape index (κ2) is 8.64. The molecule has 2 rings (SSSR count). The molecule has 1 aromatic rings. The number of aliphatic carboxylic acids is 1. The van der Waals surface area contributed by atoms with Crippen LogP contribution < -0.4 is 5.32 Å². The summed E-state index contributed by atoms with van der Waals surface area (Å²) in [6.45, 7) is 2.58. The Bertz CT molecular complexity index is 539. The molecule has 1 amide bonds. The summed E-state index contributed by atoms with van der Waals surface area (Å²) in [5.74, 6) is -0.0114. The molecular formula is C17H23NO3S2. The van der Waals surface area contributed by atoms with E-state index in [1.165, 1.54) is 17.3 Å². The number of nitrogens with one attached hydrogen (secondary N) is 1. The second-order valence-electron chi connectivity index (χ2n) is 5.82. The van der Waals surface area contributed by atoms with E-state index in [-0.39, 0.29) is 16.4 Å². The van der Waals surface area contributed by atoms with Gasteiger partial charge in [-0.05, 0) is 31.9 Å². The molecule has 0 heterocycles. The van der Waals surface area contributed by atoms with Crippen molar-refractivity contribution in [2.75, 3.05) is 18.1 Å². The zero-order chi connectivity index (χ0) is 16.7. The monoisotopic (exact) mass is 353 g/mol. The third-order valence-corrected chi connectivity index (χ3v) is 6.35. The van der Waals surface area contributed by atoms with Gasteiger partial charge in [0, 0.05) is 17.2 Å². The van der Waals surface area contributed by atoms with Crippen molar-refractivity contribution in [3.63, 3.8) is 0 Å². The normalized spacial score (nSPS) is 16.2. The number of carboxylic acids is 1. The second-order valence-corrected chi connectivity index (χ2v) is 8.38. The Labute approximate surface area is 145 Å². The smallest absolute Gasteiger partial charge is 0.313 e. The molecule has 1 saturated carbocycles. The number of rotatable bonds is 8. The molecule has 1 aliphatic carbocycles. The van der Waals surface area contributed by atoms with Crippen molar-refractivity contribution in [2.24, 2.45) is 0 Å². The topological polar surface area (TPSA) is 66.4 Å². The SMILES string of the molecule is Cc1ccc(SC2(C(=O)NCCSCC(=O)O)CCCC2)cc1. The van der Waals surface area contributed by atoms with Gasteiger partial charge in [-0.3, -0.25) is 9.59 Å². The summed E-state index contributed by atoms with van der Waals surface area (Å²) in [7, 11) is 0. The Morgan fingerprint density at radius 2 is 1.87 bits per heavy atom. The molecule has 0 bridgehead atoms. The number of benzene rings is 1. The van der Waals surface area contributed by atoms with Crippen LogP contribution in [0.3, 0.4) is 0 Å². The number of aryl methyl sites for hydroxylation is 1. The van der Waals surface area contributed by atoms with Crippen LogP contribution >= 0.6 is 23.5 Å². The first-order chi connectivity index (χ1) is 11.0. The maximum absolute atomic E-state index is 12.7. The standard InChI is InChI=1S/C17H23NO3S2/c1-13-4-6-14(7-5-13)23-17(8-2-3-9-17)16(21)18-10-11-22-12-15(19)20/h4-7H,2-3,8-12H2,1H3,(H,18,21)(H,19,20). The molecule has 0 unspecified atom stereocenters. The predicted molar refractivity (Wildman–Crippen MR) is 96.2 cm³/mol. The quantitative estimate of drug-likeness (QED) is 0.702. The molecule has 2 N–H and O–H groups in total. The summed E-state index contributed by atoms with van der Waals surface area (Å²) < 4.78 is -0.368. The summed E-state index contributed by atoms with van der Waals surface area (Å²) in [4.78, 5) is 24.3. The van der Waals surface area contributed by atoms with E-state index < -0.39 is 5.97 Å². The fourth-order valence-electron chi connectivity index (χ4n) is 2.71. The molecule has 23 heavy (non-hydrogen) atoms. The van der Waals surface area contributed by atoms with Crippen molar-refractivity contribution in [2.45, 2.75) is 42.2 Å². The van der Waals surface area contributed by atoms with Gasteiger partial charge in [-0.15, -0.1) is 23.5 Å². The summed E-state index contributed by atoms with van der Waals surface area (Å²) in [6, 6.07) is 8.31. The van der Waals surface area contributed by atoms with Crippen LogP contribution in [-0.2, 0) is 9.59 Å². The summed E-state index contributed by atoms with van der Waals surface area (Å²) in [5.41, 5.74) is 1.22. The minimum atomic E-state index is -0.816. The van der Waals surface area contributed by atoms with E-state index in [1.54, 1.807) is 11.8 Å². The van der Waals surface area contributed by atoms with E-state index >= 15 is 0 Å².